The number of hydrogen-bond acceptors (Lipinski definition) is 5. The Bertz CT molecular complexity index is 681. The first-order chi connectivity index (χ1) is 11.0. The third kappa shape index (κ3) is 4.08. The molecular formula is C15H20N2O5S. The van der Waals surface area contributed by atoms with Gasteiger partial charge in [0.15, 0.2) is 6.61 Å². The van der Waals surface area contributed by atoms with Crippen LogP contribution in [0.4, 0.5) is 0 Å². The molecule has 0 aromatic heterocycles. The van der Waals surface area contributed by atoms with Crippen molar-refractivity contribution in [2.45, 2.75) is 24.2 Å². The standard InChI is InChI=1S/C15H20N2O5S/c1-16-14(18)11-22-15(19)12-7-3-4-8-13(12)23(20,21)17-9-5-2-6-10-17/h3-4,7-8H,2,5-6,9-11H2,1H3,(H,16,18). The monoisotopic (exact) mass is 340 g/mol. The Balaban J connectivity index is 2.26. The van der Waals surface area contributed by atoms with Crippen LogP contribution in [-0.4, -0.2) is 51.3 Å². The van der Waals surface area contributed by atoms with Crippen LogP contribution in [0, 0.1) is 0 Å². The number of nitrogens with zero attached hydrogens (tertiary/aromatic N) is 1. The van der Waals surface area contributed by atoms with Crippen molar-refractivity contribution in [3.05, 3.63) is 29.8 Å². The van der Waals surface area contributed by atoms with E-state index in [9.17, 15) is 18.0 Å². The van der Waals surface area contributed by atoms with E-state index >= 15 is 0 Å². The number of ether oxygens (including phenoxy) is 1. The summed E-state index contributed by atoms with van der Waals surface area (Å²) in [5, 5.41) is 2.33. The normalized spacial score (nSPS) is 15.9. The maximum atomic E-state index is 12.7. The highest BCUT2D eigenvalue weighted by Crippen LogP contribution is 2.24. The summed E-state index contributed by atoms with van der Waals surface area (Å²) >= 11 is 0. The lowest BCUT2D eigenvalue weighted by Crippen LogP contribution is -2.36. The highest BCUT2D eigenvalue weighted by atomic mass is 32.2. The molecule has 7 nitrogen and oxygen atoms in total. The third-order valence-corrected chi connectivity index (χ3v) is 5.61. The molecule has 23 heavy (non-hydrogen) atoms. The minimum Gasteiger partial charge on any atom is -0.452 e. The summed E-state index contributed by atoms with van der Waals surface area (Å²) < 4.78 is 31.8. The first-order valence-electron chi connectivity index (χ1n) is 7.43. The third-order valence-electron chi connectivity index (χ3n) is 3.65. The van der Waals surface area contributed by atoms with E-state index in [1.165, 1.54) is 23.5 Å². The van der Waals surface area contributed by atoms with E-state index in [-0.39, 0.29) is 10.5 Å². The second kappa shape index (κ2) is 7.56. The lowest BCUT2D eigenvalue weighted by Gasteiger charge is -2.26. The van der Waals surface area contributed by atoms with E-state index in [1.54, 1.807) is 12.1 Å². The van der Waals surface area contributed by atoms with Crippen LogP contribution in [-0.2, 0) is 19.6 Å². The van der Waals surface area contributed by atoms with E-state index in [2.05, 4.69) is 5.32 Å². The van der Waals surface area contributed by atoms with Gasteiger partial charge in [-0.25, -0.2) is 13.2 Å². The second-order valence-corrected chi connectivity index (χ2v) is 7.12. The van der Waals surface area contributed by atoms with Gasteiger partial charge in [0.05, 0.1) is 10.5 Å². The zero-order chi connectivity index (χ0) is 16.9. The van der Waals surface area contributed by atoms with Crippen molar-refractivity contribution in [1.82, 2.24) is 9.62 Å². The van der Waals surface area contributed by atoms with Gasteiger partial charge in [0.1, 0.15) is 0 Å². The van der Waals surface area contributed by atoms with Crippen LogP contribution in [0.3, 0.4) is 0 Å². The Hall–Kier alpha value is -1.93. The van der Waals surface area contributed by atoms with Gasteiger partial charge >= 0.3 is 5.97 Å². The summed E-state index contributed by atoms with van der Waals surface area (Å²) in [6, 6.07) is 5.90. The zero-order valence-corrected chi connectivity index (χ0v) is 13.8. The van der Waals surface area contributed by atoms with E-state index < -0.39 is 28.5 Å². The van der Waals surface area contributed by atoms with E-state index in [0.717, 1.165) is 19.3 Å². The summed E-state index contributed by atoms with van der Waals surface area (Å²) in [5.74, 6) is -1.29. The van der Waals surface area contributed by atoms with Gasteiger partial charge in [0.2, 0.25) is 10.0 Å². The Kier molecular flexibility index (Phi) is 5.73. The molecule has 1 fully saturated rings. The van der Waals surface area contributed by atoms with Crippen molar-refractivity contribution in [3.8, 4) is 0 Å². The Morgan fingerprint density at radius 2 is 1.83 bits per heavy atom. The molecule has 2 rings (SSSR count). The first kappa shape index (κ1) is 17.4. The minimum absolute atomic E-state index is 0.0537. The van der Waals surface area contributed by atoms with Crippen LogP contribution in [0.25, 0.3) is 0 Å². The molecule has 1 N–H and O–H groups in total. The average Bonchev–Trinajstić information content (AvgIpc) is 2.60. The molecular weight excluding hydrogens is 320 g/mol. The largest absolute Gasteiger partial charge is 0.452 e. The second-order valence-electron chi connectivity index (χ2n) is 5.21. The van der Waals surface area contributed by atoms with Crippen molar-refractivity contribution in [3.63, 3.8) is 0 Å². The molecule has 8 heteroatoms. The molecule has 0 spiro atoms. The van der Waals surface area contributed by atoms with E-state index in [4.69, 9.17) is 4.74 Å². The fourth-order valence-electron chi connectivity index (χ4n) is 2.39. The number of likely N-dealkylation sites (N-methyl/N-ethyl adjacent to an activating group) is 1. The predicted octanol–water partition coefficient (Wildman–Crippen LogP) is 0.764. The van der Waals surface area contributed by atoms with Crippen LogP contribution >= 0.6 is 0 Å². The highest BCUT2D eigenvalue weighted by Gasteiger charge is 2.30. The van der Waals surface area contributed by atoms with Crippen LogP contribution in [0.5, 0.6) is 0 Å². The summed E-state index contributed by atoms with van der Waals surface area (Å²) in [5.41, 5.74) is -0.0537. The number of rotatable bonds is 5. The SMILES string of the molecule is CNC(=O)COC(=O)c1ccccc1S(=O)(=O)N1CCCCC1. The van der Waals surface area contributed by atoms with Crippen molar-refractivity contribution >= 4 is 21.9 Å². The van der Waals surface area contributed by atoms with Gasteiger partial charge in [-0.05, 0) is 25.0 Å². The van der Waals surface area contributed by atoms with Gasteiger partial charge in [-0.15, -0.1) is 0 Å². The minimum atomic E-state index is -3.75. The van der Waals surface area contributed by atoms with Crippen LogP contribution in [0.15, 0.2) is 29.2 Å². The van der Waals surface area contributed by atoms with Gasteiger partial charge in [0, 0.05) is 20.1 Å². The molecule has 1 aromatic carbocycles. The van der Waals surface area contributed by atoms with Crippen molar-refractivity contribution in [1.29, 1.82) is 0 Å². The molecule has 0 bridgehead atoms. The summed E-state index contributed by atoms with van der Waals surface area (Å²) in [6.07, 6.45) is 2.62. The molecule has 1 saturated heterocycles. The first-order valence-corrected chi connectivity index (χ1v) is 8.87. The van der Waals surface area contributed by atoms with Gasteiger partial charge in [-0.2, -0.15) is 4.31 Å². The van der Waals surface area contributed by atoms with Gasteiger partial charge < -0.3 is 10.1 Å². The van der Waals surface area contributed by atoms with Crippen molar-refractivity contribution < 1.29 is 22.7 Å². The lowest BCUT2D eigenvalue weighted by molar-refractivity contribution is -0.123. The highest BCUT2D eigenvalue weighted by molar-refractivity contribution is 7.89. The Morgan fingerprint density at radius 1 is 1.17 bits per heavy atom. The number of benzene rings is 1. The summed E-state index contributed by atoms with van der Waals surface area (Å²) in [4.78, 5) is 23.2. The fourth-order valence-corrected chi connectivity index (χ4v) is 4.08. The van der Waals surface area contributed by atoms with E-state index in [1.807, 2.05) is 0 Å². The molecule has 1 amide bonds. The number of piperidine rings is 1. The molecule has 0 unspecified atom stereocenters. The summed E-state index contributed by atoms with van der Waals surface area (Å²) in [6.45, 7) is 0.446. The van der Waals surface area contributed by atoms with E-state index in [0.29, 0.717) is 13.1 Å². The van der Waals surface area contributed by atoms with Gasteiger partial charge in [-0.3, -0.25) is 4.79 Å². The smallest absolute Gasteiger partial charge is 0.340 e. The number of sulfonamides is 1. The number of amides is 1. The molecule has 0 atom stereocenters. The number of esters is 1. The maximum Gasteiger partial charge on any atom is 0.340 e. The van der Waals surface area contributed by atoms with Crippen LogP contribution in [0.2, 0.25) is 0 Å². The zero-order valence-electron chi connectivity index (χ0n) is 12.9. The maximum absolute atomic E-state index is 12.7. The van der Waals surface area contributed by atoms with Gasteiger partial charge in [-0.1, -0.05) is 18.6 Å². The average molecular weight is 340 g/mol. The molecule has 1 aliphatic heterocycles. The molecule has 0 radical (unpaired) electrons. The number of hydrogen-bond donors (Lipinski definition) is 1. The fraction of sp³-hybridized carbons (Fsp3) is 0.467. The van der Waals surface area contributed by atoms with Gasteiger partial charge in [0.25, 0.3) is 5.91 Å². The van der Waals surface area contributed by atoms with Crippen molar-refractivity contribution in [2.75, 3.05) is 26.7 Å². The molecule has 1 aromatic rings. The number of carbonyl (C=O) groups excluding carboxylic acids is 2. The van der Waals surface area contributed by atoms with Crippen molar-refractivity contribution in [2.24, 2.45) is 0 Å². The van der Waals surface area contributed by atoms with Crippen LogP contribution < -0.4 is 5.32 Å². The summed E-state index contributed by atoms with van der Waals surface area (Å²) in [7, 11) is -2.33. The number of nitrogens with one attached hydrogen (secondary N) is 1. The molecule has 0 saturated carbocycles. The lowest BCUT2D eigenvalue weighted by atomic mass is 10.2. The molecule has 126 valence electrons. The molecule has 1 heterocycles. The number of carbonyl (C=O) groups is 2. The predicted molar refractivity (Wildman–Crippen MR) is 83.4 cm³/mol. The Morgan fingerprint density at radius 3 is 2.48 bits per heavy atom. The Labute approximate surface area is 135 Å². The van der Waals surface area contributed by atoms with Crippen LogP contribution in [0.1, 0.15) is 29.6 Å². The quantitative estimate of drug-likeness (QED) is 0.799. The molecule has 0 aliphatic carbocycles. The topological polar surface area (TPSA) is 92.8 Å². The molecule has 1 aliphatic rings.